The zero-order valence-electron chi connectivity index (χ0n) is 40.5. The molecule has 4 saturated carbocycles. The first-order chi connectivity index (χ1) is 35.9. The fourth-order valence-corrected chi connectivity index (χ4v) is 13.2. The maximum Gasteiger partial charge on any atom is 0.418 e. The van der Waals surface area contributed by atoms with Crippen LogP contribution in [0.25, 0.3) is 22.5 Å². The highest BCUT2D eigenvalue weighted by Gasteiger charge is 2.52. The number of aliphatic carboxylic acids is 2. The van der Waals surface area contributed by atoms with Crippen molar-refractivity contribution < 1.29 is 63.0 Å². The van der Waals surface area contributed by atoms with Crippen molar-refractivity contribution in [3.63, 3.8) is 0 Å². The fraction of sp³-hybridized carbons (Fsp3) is 0.346. The van der Waals surface area contributed by atoms with E-state index in [4.69, 9.17) is 0 Å². The summed E-state index contributed by atoms with van der Waals surface area (Å²) < 4.78 is 139. The second-order valence-electron chi connectivity index (χ2n) is 19.5. The molecule has 2 aromatic carbocycles. The Balaban J connectivity index is 0.000000186. The van der Waals surface area contributed by atoms with E-state index in [0.29, 0.717) is 11.1 Å². The van der Waals surface area contributed by atoms with Crippen LogP contribution in [0.2, 0.25) is 0 Å². The van der Waals surface area contributed by atoms with Crippen LogP contribution in [0.15, 0.2) is 119 Å². The number of rotatable bonds is 14. The van der Waals surface area contributed by atoms with Crippen molar-refractivity contribution in [3.05, 3.63) is 131 Å². The maximum absolute atomic E-state index is 13.7. The van der Waals surface area contributed by atoms with Crippen molar-refractivity contribution >= 4 is 55.3 Å². The minimum Gasteiger partial charge on any atom is -0.481 e. The number of nitrogens with one attached hydrogen (secondary N) is 4. The molecule has 4 fully saturated rings. The van der Waals surface area contributed by atoms with Crippen molar-refractivity contribution in [2.75, 3.05) is 20.1 Å². The predicted octanol–water partition coefficient (Wildman–Crippen LogP) is 10.4. The summed E-state index contributed by atoms with van der Waals surface area (Å²) in [6, 6.07) is 24.1. The van der Waals surface area contributed by atoms with Crippen LogP contribution >= 0.6 is 0 Å². The van der Waals surface area contributed by atoms with Crippen LogP contribution < -0.4 is 20.1 Å². The largest absolute Gasteiger partial charge is 0.481 e. The van der Waals surface area contributed by atoms with E-state index in [1.807, 2.05) is 0 Å². The summed E-state index contributed by atoms with van der Waals surface area (Å²) in [6.07, 6.45) is -4.28. The molecule has 4 aliphatic rings. The topological polar surface area (TPSA) is 243 Å². The molecule has 0 aliphatic heterocycles. The molecular weight excluding hydrogens is 1040 g/mol. The molecular formula is C52H50F6N8O8S2. The van der Waals surface area contributed by atoms with E-state index in [1.54, 1.807) is 62.4 Å². The molecule has 0 spiro atoms. The average molecular weight is 1090 g/mol. The Hall–Kier alpha value is -7.34. The summed E-state index contributed by atoms with van der Waals surface area (Å²) in [6.45, 7) is 3.28. The Morgan fingerprint density at radius 3 is 1.21 bits per heavy atom. The Morgan fingerprint density at radius 1 is 0.487 bits per heavy atom. The van der Waals surface area contributed by atoms with Gasteiger partial charge >= 0.3 is 24.3 Å². The van der Waals surface area contributed by atoms with Crippen molar-refractivity contribution in [3.8, 4) is 22.5 Å². The molecule has 4 bridgehead atoms. The summed E-state index contributed by atoms with van der Waals surface area (Å²) in [5.74, 6) is -2.63. The Bertz CT molecular complexity index is 3220. The lowest BCUT2D eigenvalue weighted by Crippen LogP contribution is -2.39. The number of carbonyl (C=O) groups is 2. The second-order valence-corrected chi connectivity index (χ2v) is 22.7. The van der Waals surface area contributed by atoms with E-state index in [1.165, 1.54) is 36.4 Å². The minimum atomic E-state index is -4.70. The average Bonchev–Trinajstić information content (AvgIpc) is 4.18. The first-order valence-corrected chi connectivity index (χ1v) is 27.1. The van der Waals surface area contributed by atoms with Crippen LogP contribution in [0, 0.1) is 49.4 Å². The Kier molecular flexibility index (Phi) is 14.5. The zero-order valence-corrected chi connectivity index (χ0v) is 42.1. The number of alkyl halides is 6. The van der Waals surface area contributed by atoms with E-state index < -0.39 is 78.7 Å². The number of nitrogens with zero attached hydrogens (tertiary/aromatic N) is 4. The van der Waals surface area contributed by atoms with E-state index in [9.17, 15) is 63.0 Å². The lowest BCUT2D eigenvalue weighted by Gasteiger charge is -2.29. The summed E-state index contributed by atoms with van der Waals surface area (Å²) >= 11 is 0. The number of fused-ring (bicyclic) bond motifs is 4. The van der Waals surface area contributed by atoms with Crippen LogP contribution in [0.1, 0.15) is 60.8 Å². The first kappa shape index (κ1) is 53.5. The molecule has 400 valence electrons. The number of pyridine rings is 4. The van der Waals surface area contributed by atoms with Crippen molar-refractivity contribution in [1.82, 2.24) is 19.9 Å². The van der Waals surface area contributed by atoms with Gasteiger partial charge in [-0.2, -0.15) is 43.2 Å². The van der Waals surface area contributed by atoms with Gasteiger partial charge in [-0.05, 0) is 136 Å². The summed E-state index contributed by atoms with van der Waals surface area (Å²) in [5, 5.41) is 24.8. The van der Waals surface area contributed by atoms with Gasteiger partial charge in [-0.15, -0.1) is 0 Å². The predicted molar refractivity (Wildman–Crippen MR) is 268 cm³/mol. The van der Waals surface area contributed by atoms with Crippen LogP contribution in [0.5, 0.6) is 0 Å². The van der Waals surface area contributed by atoms with Gasteiger partial charge in [0.05, 0.1) is 34.4 Å². The van der Waals surface area contributed by atoms with Crippen molar-refractivity contribution in [2.45, 2.75) is 86.9 Å². The van der Waals surface area contributed by atoms with E-state index in [0.717, 1.165) is 62.8 Å². The summed E-state index contributed by atoms with van der Waals surface area (Å²) in [5.41, 5.74) is -1.22. The lowest BCUT2D eigenvalue weighted by molar-refractivity contribution is -0.144. The van der Waals surface area contributed by atoms with Gasteiger partial charge < -0.3 is 20.8 Å². The highest BCUT2D eigenvalue weighted by Crippen LogP contribution is 2.51. The van der Waals surface area contributed by atoms with Crippen molar-refractivity contribution in [1.29, 1.82) is 0 Å². The molecule has 0 amide bonds. The third-order valence-corrected chi connectivity index (χ3v) is 17.2. The Morgan fingerprint density at radius 2 is 0.855 bits per heavy atom. The molecule has 0 radical (unpaired) electrons. The number of aryl methyl sites for hydroxylation is 2. The molecule has 6 aromatic rings. The highest BCUT2D eigenvalue weighted by molar-refractivity contribution is 7.93. The first-order valence-electron chi connectivity index (χ1n) is 24.1. The summed E-state index contributed by atoms with van der Waals surface area (Å²) in [7, 11) is -8.66. The molecule has 6 N–H and O–H groups in total. The monoisotopic (exact) mass is 1090 g/mol. The van der Waals surface area contributed by atoms with Crippen molar-refractivity contribution in [2.24, 2.45) is 35.5 Å². The number of benzene rings is 2. The SMILES string of the molecule is Cc1ccccc1-c1nc(NS(=O)(=O)c2cccc(N[C@@H]3[C@H]4CC[C@H](C4)[C@@H]3C(=O)O)n2)ccc1C(F)(F)F.Cc1ccccc1-c1nc(NS(=O)(=O)c2cccc(N[C@H]3[C@@H]4CC[C@@H](C4)[C@H]3C(=O)O)n2)ccc1C(F)(F)F. The quantitative estimate of drug-likeness (QED) is 0.0556. The molecule has 16 nitrogen and oxygen atoms in total. The minimum absolute atomic E-state index is 0.0803. The van der Waals surface area contributed by atoms with Gasteiger partial charge in [-0.25, -0.2) is 19.9 Å². The van der Waals surface area contributed by atoms with E-state index in [-0.39, 0.29) is 80.2 Å². The molecule has 4 heterocycles. The van der Waals surface area contributed by atoms with Crippen LogP contribution in [-0.4, -0.2) is 71.0 Å². The van der Waals surface area contributed by atoms with Gasteiger partial charge in [-0.3, -0.25) is 19.0 Å². The molecule has 0 saturated heterocycles. The molecule has 4 aliphatic carbocycles. The van der Waals surface area contributed by atoms with Gasteiger partial charge in [0.25, 0.3) is 20.0 Å². The number of hydrogen-bond acceptors (Lipinski definition) is 12. The smallest absolute Gasteiger partial charge is 0.418 e. The highest BCUT2D eigenvalue weighted by atomic mass is 32.2. The molecule has 4 aromatic heterocycles. The molecule has 10 rings (SSSR count). The molecule has 8 atom stereocenters. The summed E-state index contributed by atoms with van der Waals surface area (Å²) in [4.78, 5) is 40.0. The number of sulfonamides is 2. The van der Waals surface area contributed by atoms with E-state index >= 15 is 0 Å². The van der Waals surface area contributed by atoms with Crippen LogP contribution in [0.3, 0.4) is 0 Å². The third kappa shape index (κ3) is 11.1. The number of carboxylic acid groups (broad SMARTS) is 2. The standard InChI is InChI=1S/2C26H25F3N4O4S/c2*1-14-5-2-3-6-17(14)24-18(26(27,28)29)11-12-20(32-24)33-38(36,37)21-8-4-7-19(30-21)31-23-16-10-9-15(13-16)22(23)25(34)35/h2*2-8,11-12,15-16,22-23H,9-10,13H2,1H3,(H,30,31)(H,32,33)(H,34,35)/t2*15-,16+,22+,23-/m10/s1. The van der Waals surface area contributed by atoms with Gasteiger partial charge in [0.1, 0.15) is 23.3 Å². The van der Waals surface area contributed by atoms with Gasteiger partial charge in [-0.1, -0.05) is 60.7 Å². The number of anilines is 4. The van der Waals surface area contributed by atoms with Gasteiger partial charge in [0.15, 0.2) is 10.1 Å². The number of halogens is 6. The van der Waals surface area contributed by atoms with E-state index in [2.05, 4.69) is 40.0 Å². The molecule has 76 heavy (non-hydrogen) atoms. The fourth-order valence-electron chi connectivity index (χ4n) is 11.3. The molecule has 0 unspecified atom stereocenters. The number of hydrogen-bond donors (Lipinski definition) is 6. The van der Waals surface area contributed by atoms with Gasteiger partial charge in [0.2, 0.25) is 0 Å². The van der Waals surface area contributed by atoms with Crippen LogP contribution in [-0.2, 0) is 42.0 Å². The normalized spacial score (nSPS) is 22.8. The second kappa shape index (κ2) is 20.7. The lowest BCUT2D eigenvalue weighted by atomic mass is 9.84. The number of carboxylic acids is 2. The molecule has 24 heteroatoms. The number of aromatic nitrogens is 4. The van der Waals surface area contributed by atoms with Gasteiger partial charge in [0, 0.05) is 23.2 Å². The third-order valence-electron chi connectivity index (χ3n) is 14.7. The maximum atomic E-state index is 13.7. The Labute approximate surface area is 433 Å². The zero-order chi connectivity index (χ0) is 54.5. The van der Waals surface area contributed by atoms with Crippen LogP contribution in [0.4, 0.5) is 49.6 Å².